The standard InChI is InChI=1S/C74H106N8O5Si2/c1-8-9-10-11-12-13-14-15-16-17-18-19-20-33-50-85-64-52-58(69(83)75-54-60-42-46-81-48-44-62(79-71(81)77-60)56-86-88(73(2,3)4,65-34-25-21-26-35-65)66-36-27-22-28-37-66)51-59(53-64)70(84)76-55-61-43-47-82-49-45-63(80-72(82)78-61)57-87-89(74(5,6)7,67-38-29-23-30-39-67)68-40-31-24-32-41-68/h21-32,34-41,51-53,60-63H,8-20,33,42-50,54-57H2,1-7H3,(H4,75,76,77,78,79,80,83,84)/p+2/t60-,61-,62-,63-/m0/s1. The van der Waals surface area contributed by atoms with E-state index in [1.165, 1.54) is 97.8 Å². The molecule has 480 valence electrons. The summed E-state index contributed by atoms with van der Waals surface area (Å²) in [5.41, 5.74) is 0.824. The molecule has 6 N–H and O–H groups in total. The number of guanidine groups is 2. The average Bonchev–Trinajstić information content (AvgIpc) is 1.42. The molecule has 0 unspecified atom stereocenters. The van der Waals surface area contributed by atoms with E-state index >= 15 is 0 Å². The van der Waals surface area contributed by atoms with Gasteiger partial charge in [0.15, 0.2) is 0 Å². The summed E-state index contributed by atoms with van der Waals surface area (Å²) in [6, 6.07) is 49.0. The maximum absolute atomic E-state index is 14.3. The first-order valence-electron chi connectivity index (χ1n) is 34.3. The molecule has 4 aliphatic heterocycles. The summed E-state index contributed by atoms with van der Waals surface area (Å²) in [6.07, 6.45) is 21.7. The number of nitrogens with zero attached hydrogens (tertiary/aromatic N) is 2. The Labute approximate surface area is 536 Å². The highest BCUT2D eigenvalue weighted by Gasteiger charge is 2.52. The molecule has 5 aromatic rings. The molecule has 9 rings (SSSR count). The van der Waals surface area contributed by atoms with E-state index in [0.29, 0.717) is 49.8 Å². The van der Waals surface area contributed by atoms with Gasteiger partial charge in [0.05, 0.1) is 83.3 Å². The maximum atomic E-state index is 14.3. The molecule has 0 aliphatic carbocycles. The zero-order valence-corrected chi connectivity index (χ0v) is 57.1. The maximum Gasteiger partial charge on any atom is 0.346 e. The van der Waals surface area contributed by atoms with Crippen LogP contribution in [0.1, 0.15) is 185 Å². The van der Waals surface area contributed by atoms with Crippen LogP contribution in [-0.2, 0) is 8.85 Å². The molecule has 13 nitrogen and oxygen atoms in total. The molecule has 0 spiro atoms. The van der Waals surface area contributed by atoms with Crippen LogP contribution in [0.15, 0.2) is 140 Å². The molecular weight excluding hydrogens is 1140 g/mol. The monoisotopic (exact) mass is 1240 g/mol. The highest BCUT2D eigenvalue weighted by atomic mass is 28.4. The van der Waals surface area contributed by atoms with Gasteiger partial charge < -0.3 is 24.2 Å². The quantitative estimate of drug-likeness (QED) is 0.0141. The van der Waals surface area contributed by atoms with Gasteiger partial charge in [-0.1, -0.05) is 253 Å². The molecule has 5 aromatic carbocycles. The predicted molar refractivity (Wildman–Crippen MR) is 370 cm³/mol. The van der Waals surface area contributed by atoms with Crippen LogP contribution in [-0.4, -0.2) is 133 Å². The van der Waals surface area contributed by atoms with Crippen LogP contribution in [0.5, 0.6) is 5.75 Å². The van der Waals surface area contributed by atoms with Crippen molar-refractivity contribution in [2.24, 2.45) is 0 Å². The Kier molecular flexibility index (Phi) is 24.6. The van der Waals surface area contributed by atoms with Crippen LogP contribution in [0.2, 0.25) is 10.1 Å². The fourth-order valence-corrected chi connectivity index (χ4v) is 23.2. The summed E-state index contributed by atoms with van der Waals surface area (Å²) >= 11 is 0. The number of rotatable bonds is 32. The van der Waals surface area contributed by atoms with E-state index < -0.39 is 16.6 Å². The van der Waals surface area contributed by atoms with Crippen molar-refractivity contribution in [3.05, 3.63) is 151 Å². The van der Waals surface area contributed by atoms with Crippen molar-refractivity contribution in [3.63, 3.8) is 0 Å². The second-order valence-corrected chi connectivity index (χ2v) is 36.4. The summed E-state index contributed by atoms with van der Waals surface area (Å²) in [5.74, 6) is 2.07. The van der Waals surface area contributed by atoms with E-state index in [1.807, 2.05) is 0 Å². The lowest BCUT2D eigenvalue weighted by Gasteiger charge is -2.44. The summed E-state index contributed by atoms with van der Waals surface area (Å²) in [4.78, 5) is 28.6. The third-order valence-electron chi connectivity index (χ3n) is 19.0. The summed E-state index contributed by atoms with van der Waals surface area (Å²) < 4.78 is 25.9. The normalized spacial score (nSPS) is 18.8. The van der Waals surface area contributed by atoms with E-state index in [1.54, 1.807) is 18.2 Å². The molecule has 89 heavy (non-hydrogen) atoms. The van der Waals surface area contributed by atoms with Crippen molar-refractivity contribution < 1.29 is 32.3 Å². The van der Waals surface area contributed by atoms with E-state index in [-0.39, 0.29) is 46.1 Å². The van der Waals surface area contributed by atoms with Crippen LogP contribution in [0, 0.1) is 0 Å². The van der Waals surface area contributed by atoms with Crippen LogP contribution in [0.4, 0.5) is 0 Å². The van der Waals surface area contributed by atoms with Crippen molar-refractivity contribution in [2.45, 2.75) is 198 Å². The Morgan fingerprint density at radius 3 is 1.10 bits per heavy atom. The van der Waals surface area contributed by atoms with Gasteiger partial charge >= 0.3 is 11.9 Å². The molecule has 0 fully saturated rings. The van der Waals surface area contributed by atoms with E-state index in [4.69, 9.17) is 13.6 Å². The molecule has 4 atom stereocenters. The minimum Gasteiger partial charge on any atom is -0.494 e. The first-order chi connectivity index (χ1) is 43.2. The van der Waals surface area contributed by atoms with Crippen molar-refractivity contribution in [1.29, 1.82) is 0 Å². The summed E-state index contributed by atoms with van der Waals surface area (Å²) in [5, 5.41) is 26.5. The molecule has 15 heteroatoms. The van der Waals surface area contributed by atoms with Crippen molar-refractivity contribution in [2.75, 3.05) is 59.1 Å². The molecule has 4 heterocycles. The van der Waals surface area contributed by atoms with Gasteiger partial charge in [0, 0.05) is 36.8 Å². The van der Waals surface area contributed by atoms with Crippen molar-refractivity contribution >= 4 is 61.1 Å². The summed E-state index contributed by atoms with van der Waals surface area (Å²) in [7, 11) is -5.42. The van der Waals surface area contributed by atoms with Gasteiger partial charge in [0.2, 0.25) is 0 Å². The van der Waals surface area contributed by atoms with Gasteiger partial charge in [0.1, 0.15) is 5.75 Å². The molecule has 0 radical (unpaired) electrons. The zero-order chi connectivity index (χ0) is 62.5. The van der Waals surface area contributed by atoms with Gasteiger partial charge in [-0.3, -0.25) is 40.0 Å². The minimum atomic E-state index is -2.71. The number of hydrogen-bond donors (Lipinski definition) is 6. The lowest BCUT2D eigenvalue weighted by Crippen LogP contribution is -2.68. The predicted octanol–water partition coefficient (Wildman–Crippen LogP) is 10.3. The second-order valence-electron chi connectivity index (χ2n) is 27.8. The van der Waals surface area contributed by atoms with E-state index in [9.17, 15) is 9.59 Å². The van der Waals surface area contributed by atoms with Gasteiger partial charge in [-0.05, 0) is 55.4 Å². The Bertz CT molecular complexity index is 2800. The van der Waals surface area contributed by atoms with Gasteiger partial charge in [-0.2, -0.15) is 0 Å². The zero-order valence-electron chi connectivity index (χ0n) is 55.1. The SMILES string of the molecule is CCCCCCCCCCCCCCCCOc1cc(C(=O)NC[C@@H]2CC[N+]3=C(N2)N[C@H](CO[Si](c2ccccc2)(c2ccccc2)C(C)(C)C)CC3)cc(C(=O)NC[C@@H]2CC[N+]3=C(N2)N[C@H](CO[Si](c2ccccc2)(c2ccccc2)C(C)(C)C)CC3)c1. The van der Waals surface area contributed by atoms with Gasteiger partial charge in [0.25, 0.3) is 28.4 Å². The molecule has 0 aromatic heterocycles. The number of amides is 2. The first-order valence-corrected chi connectivity index (χ1v) is 38.1. The third kappa shape index (κ3) is 17.8. The highest BCUT2D eigenvalue weighted by Crippen LogP contribution is 2.38. The molecular formula is C74H108N8O5Si2+2. The Morgan fingerprint density at radius 1 is 0.449 bits per heavy atom. The molecule has 0 bridgehead atoms. The van der Waals surface area contributed by atoms with Crippen molar-refractivity contribution in [3.8, 4) is 5.75 Å². The van der Waals surface area contributed by atoms with Gasteiger partial charge in [-0.25, -0.2) is 0 Å². The fourth-order valence-electron chi connectivity index (χ4n) is 14.0. The molecule has 0 saturated heterocycles. The lowest BCUT2D eigenvalue weighted by atomic mass is 10.0. The number of unbranched alkanes of at least 4 members (excludes halogenated alkanes) is 13. The Balaban J connectivity index is 0.800. The van der Waals surface area contributed by atoms with Crippen molar-refractivity contribution in [1.82, 2.24) is 31.9 Å². The fraction of sp³-hybridized carbons (Fsp3) is 0.541. The largest absolute Gasteiger partial charge is 0.494 e. The van der Waals surface area contributed by atoms with Crippen LogP contribution in [0.25, 0.3) is 0 Å². The molecule has 2 amide bonds. The van der Waals surface area contributed by atoms with E-state index in [0.717, 1.165) is 76.6 Å². The number of carbonyl (C=O) groups excluding carboxylic acids is 2. The van der Waals surface area contributed by atoms with Crippen LogP contribution in [0.3, 0.4) is 0 Å². The Morgan fingerprint density at radius 2 is 0.764 bits per heavy atom. The second kappa shape index (κ2) is 32.7. The molecule has 0 saturated carbocycles. The summed E-state index contributed by atoms with van der Waals surface area (Å²) in [6.45, 7) is 22.4. The van der Waals surface area contributed by atoms with Crippen LogP contribution < -0.4 is 57.4 Å². The lowest BCUT2D eigenvalue weighted by molar-refractivity contribution is -0.542. The third-order valence-corrected chi connectivity index (χ3v) is 29.0. The minimum absolute atomic E-state index is 0.0114. The first kappa shape index (κ1) is 67.1. The number of carbonyl (C=O) groups is 2. The van der Waals surface area contributed by atoms with Crippen LogP contribution >= 0.6 is 0 Å². The number of benzene rings is 5. The number of ether oxygens (including phenoxy) is 1. The average molecular weight is 1250 g/mol. The smallest absolute Gasteiger partial charge is 0.346 e. The topological polar surface area (TPSA) is 140 Å². The van der Waals surface area contributed by atoms with Gasteiger partial charge in [-0.15, -0.1) is 0 Å². The molecule has 4 aliphatic rings. The highest BCUT2D eigenvalue weighted by molar-refractivity contribution is 7.00. The van der Waals surface area contributed by atoms with E-state index in [2.05, 4.69) is 211 Å². The number of hydrogen-bond acceptors (Lipinski definition) is 9. The Hall–Kier alpha value is -6.27. The number of nitrogens with one attached hydrogen (secondary N) is 6.